The van der Waals surface area contributed by atoms with E-state index in [0.717, 1.165) is 61.6 Å². The summed E-state index contributed by atoms with van der Waals surface area (Å²) in [5.74, 6) is 5.83. The van der Waals surface area contributed by atoms with Crippen molar-refractivity contribution in [3.63, 3.8) is 0 Å². The first-order valence-electron chi connectivity index (χ1n) is 18.4. The molecule has 6 rings (SSSR count). The second-order valence-electron chi connectivity index (χ2n) is 15.9. The van der Waals surface area contributed by atoms with Crippen molar-refractivity contribution in [2.45, 2.75) is 111 Å². The zero-order valence-electron chi connectivity index (χ0n) is 29.0. The number of amides is 1. The van der Waals surface area contributed by atoms with Crippen LogP contribution in [0.4, 0.5) is 11.4 Å². The number of carbonyl (C=O) groups excluding carboxylic acids is 1. The molecule has 0 radical (unpaired) electrons. The Morgan fingerprint density at radius 1 is 0.848 bits per heavy atom. The average Bonchev–Trinajstić information content (AvgIpc) is 3.38. The molecule has 0 aromatic heterocycles. The third-order valence-corrected chi connectivity index (χ3v) is 13.6. The highest BCUT2D eigenvalue weighted by Crippen LogP contribution is 2.68. The number of ether oxygens (including phenoxy) is 2. The number of fused-ring (bicyclic) bond motifs is 5. The van der Waals surface area contributed by atoms with Crippen LogP contribution in [0, 0.1) is 46.3 Å². The van der Waals surface area contributed by atoms with Crippen molar-refractivity contribution in [3.8, 4) is 11.5 Å². The van der Waals surface area contributed by atoms with Crippen molar-refractivity contribution in [1.82, 2.24) is 4.90 Å². The largest absolute Gasteiger partial charge is 0.490 e. The summed E-state index contributed by atoms with van der Waals surface area (Å²) in [6.45, 7) is 13.4. The van der Waals surface area contributed by atoms with Gasteiger partial charge < -0.3 is 25.8 Å². The van der Waals surface area contributed by atoms with Gasteiger partial charge in [0.15, 0.2) is 0 Å². The lowest BCUT2D eigenvalue weighted by molar-refractivity contribution is -0.164. The Labute approximate surface area is 278 Å². The molecule has 0 heterocycles. The van der Waals surface area contributed by atoms with Crippen LogP contribution in [0.5, 0.6) is 11.5 Å². The molecule has 10 atom stereocenters. The van der Waals surface area contributed by atoms with E-state index in [0.29, 0.717) is 53.3 Å². The predicted molar refractivity (Wildman–Crippen MR) is 187 cm³/mol. The summed E-state index contributed by atoms with van der Waals surface area (Å²) in [5, 5.41) is 0. The van der Waals surface area contributed by atoms with Crippen molar-refractivity contribution in [1.29, 1.82) is 0 Å². The third kappa shape index (κ3) is 6.22. The topological polar surface area (TPSA) is 90.8 Å². The molecule has 46 heavy (non-hydrogen) atoms. The summed E-state index contributed by atoms with van der Waals surface area (Å²) >= 11 is 0. The second kappa shape index (κ2) is 13.3. The Morgan fingerprint density at radius 3 is 2.13 bits per heavy atom. The number of carbonyl (C=O) groups is 1. The minimum atomic E-state index is 0.130. The van der Waals surface area contributed by atoms with Crippen molar-refractivity contribution < 1.29 is 14.3 Å². The van der Waals surface area contributed by atoms with Gasteiger partial charge >= 0.3 is 0 Å². The van der Waals surface area contributed by atoms with E-state index in [4.69, 9.17) is 20.9 Å². The summed E-state index contributed by atoms with van der Waals surface area (Å²) in [7, 11) is 0. The van der Waals surface area contributed by atoms with Gasteiger partial charge in [0, 0.05) is 48.9 Å². The standard InChI is InChI=1S/C40H59N3O3/c1-6-43(7-2)38(44)17-14-26(3)33-15-16-34-32-25-37(46-30-13-9-11-28(42)23-30)36-24-31(45-29-12-8-10-27(41)22-29)18-20-40(36,5)35(32)19-21-39(33,34)4/h8-13,22-23,26,31-37H,6-7,14-21,24-25,41-42H2,1-5H3/t26-,31?,32+,33-,34+,35+,36?,37?,39-,40-/m1/s1. The first-order valence-corrected chi connectivity index (χ1v) is 18.4. The molecule has 3 unspecified atom stereocenters. The molecule has 0 aliphatic heterocycles. The quantitative estimate of drug-likeness (QED) is 0.257. The maximum absolute atomic E-state index is 12.9. The van der Waals surface area contributed by atoms with Crippen molar-refractivity contribution >= 4 is 17.3 Å². The summed E-state index contributed by atoms with van der Waals surface area (Å²) in [4.78, 5) is 14.9. The maximum Gasteiger partial charge on any atom is 0.222 e. The van der Waals surface area contributed by atoms with E-state index < -0.39 is 0 Å². The molecule has 6 nitrogen and oxygen atoms in total. The Hall–Kier alpha value is -2.89. The van der Waals surface area contributed by atoms with Crippen LogP contribution in [0.3, 0.4) is 0 Å². The fourth-order valence-corrected chi connectivity index (χ4v) is 11.3. The molecule has 0 bridgehead atoms. The van der Waals surface area contributed by atoms with Gasteiger partial charge in [-0.2, -0.15) is 0 Å². The smallest absolute Gasteiger partial charge is 0.222 e. The molecular weight excluding hydrogens is 570 g/mol. The highest BCUT2D eigenvalue weighted by Gasteiger charge is 2.63. The highest BCUT2D eigenvalue weighted by molar-refractivity contribution is 5.76. The number of rotatable bonds is 10. The van der Waals surface area contributed by atoms with Gasteiger partial charge in [0.2, 0.25) is 5.91 Å². The molecule has 2 aromatic carbocycles. The highest BCUT2D eigenvalue weighted by atomic mass is 16.5. The van der Waals surface area contributed by atoms with Crippen LogP contribution in [0.2, 0.25) is 0 Å². The van der Waals surface area contributed by atoms with Crippen molar-refractivity contribution in [2.75, 3.05) is 24.6 Å². The normalized spacial score (nSPS) is 35.7. The molecule has 4 fully saturated rings. The van der Waals surface area contributed by atoms with Gasteiger partial charge in [-0.15, -0.1) is 0 Å². The lowest BCUT2D eigenvalue weighted by Gasteiger charge is -2.63. The molecular formula is C40H59N3O3. The first-order chi connectivity index (χ1) is 22.1. The monoisotopic (exact) mass is 629 g/mol. The SMILES string of the molecule is CCN(CC)C(=O)CC[C@@H](C)[C@H]1CC[C@H]2[C@@H]3CC(Oc4cccc(N)c4)C4CC(Oc5cccc(N)c5)CC[C@]4(C)[C@H]3CC[C@]12C. The van der Waals surface area contributed by atoms with Gasteiger partial charge in [0.25, 0.3) is 0 Å². The van der Waals surface area contributed by atoms with Gasteiger partial charge in [-0.1, -0.05) is 32.9 Å². The van der Waals surface area contributed by atoms with Gasteiger partial charge in [-0.3, -0.25) is 4.79 Å². The van der Waals surface area contributed by atoms with Crippen LogP contribution in [-0.2, 0) is 4.79 Å². The second-order valence-corrected chi connectivity index (χ2v) is 15.9. The predicted octanol–water partition coefficient (Wildman–Crippen LogP) is 8.60. The van der Waals surface area contributed by atoms with Crippen LogP contribution in [0.15, 0.2) is 48.5 Å². The fraction of sp³-hybridized carbons (Fsp3) is 0.675. The van der Waals surface area contributed by atoms with Gasteiger partial charge in [-0.05, 0) is 136 Å². The molecule has 4 saturated carbocycles. The Bertz CT molecular complexity index is 1360. The lowest BCUT2D eigenvalue weighted by atomic mass is 9.43. The third-order valence-electron chi connectivity index (χ3n) is 13.6. The van der Waals surface area contributed by atoms with E-state index in [1.807, 2.05) is 47.4 Å². The van der Waals surface area contributed by atoms with Gasteiger partial charge in [-0.25, -0.2) is 0 Å². The van der Waals surface area contributed by atoms with E-state index in [1.54, 1.807) is 0 Å². The molecule has 0 saturated heterocycles. The van der Waals surface area contributed by atoms with Crippen LogP contribution in [0.25, 0.3) is 0 Å². The van der Waals surface area contributed by atoms with E-state index in [1.165, 1.54) is 32.1 Å². The zero-order valence-corrected chi connectivity index (χ0v) is 29.0. The van der Waals surface area contributed by atoms with Crippen LogP contribution in [0.1, 0.15) is 98.8 Å². The number of nitrogen functional groups attached to an aromatic ring is 2. The summed E-state index contributed by atoms with van der Waals surface area (Å²) in [5.41, 5.74) is 14.3. The van der Waals surface area contributed by atoms with E-state index in [2.05, 4.69) is 40.7 Å². The Morgan fingerprint density at radius 2 is 1.48 bits per heavy atom. The summed E-state index contributed by atoms with van der Waals surface area (Å²) in [6.07, 6.45) is 11.5. The minimum Gasteiger partial charge on any atom is -0.490 e. The number of nitrogens with zero attached hydrogens (tertiary/aromatic N) is 1. The Balaban J connectivity index is 1.23. The van der Waals surface area contributed by atoms with Gasteiger partial charge in [0.05, 0.1) is 6.10 Å². The lowest BCUT2D eigenvalue weighted by Crippen LogP contribution is -2.59. The van der Waals surface area contributed by atoms with E-state index in [9.17, 15) is 4.79 Å². The molecule has 0 spiro atoms. The molecule has 252 valence electrons. The van der Waals surface area contributed by atoms with E-state index in [-0.39, 0.29) is 17.6 Å². The molecule has 4 aliphatic carbocycles. The zero-order chi connectivity index (χ0) is 32.6. The molecule has 6 heteroatoms. The number of nitrogens with two attached hydrogens (primary N) is 2. The molecule has 2 aromatic rings. The van der Waals surface area contributed by atoms with Crippen LogP contribution < -0.4 is 20.9 Å². The van der Waals surface area contributed by atoms with Crippen LogP contribution >= 0.6 is 0 Å². The minimum absolute atomic E-state index is 0.130. The number of hydrogen-bond acceptors (Lipinski definition) is 5. The number of benzene rings is 2. The number of hydrogen-bond donors (Lipinski definition) is 2. The van der Waals surface area contributed by atoms with Crippen LogP contribution in [-0.4, -0.2) is 36.1 Å². The number of anilines is 2. The first kappa shape index (κ1) is 33.0. The molecule has 4 aliphatic rings. The summed E-state index contributed by atoms with van der Waals surface area (Å²) in [6, 6.07) is 15.9. The summed E-state index contributed by atoms with van der Waals surface area (Å²) < 4.78 is 13.6. The molecule has 1 amide bonds. The van der Waals surface area contributed by atoms with Crippen molar-refractivity contribution in [2.24, 2.45) is 46.3 Å². The Kier molecular flexibility index (Phi) is 9.56. The average molecular weight is 630 g/mol. The van der Waals surface area contributed by atoms with Crippen molar-refractivity contribution in [3.05, 3.63) is 48.5 Å². The van der Waals surface area contributed by atoms with E-state index >= 15 is 0 Å². The van der Waals surface area contributed by atoms with Gasteiger partial charge in [0.1, 0.15) is 17.6 Å². The maximum atomic E-state index is 12.9. The molecule has 4 N–H and O–H groups in total. The fourth-order valence-electron chi connectivity index (χ4n) is 11.3.